The van der Waals surface area contributed by atoms with Gasteiger partial charge in [-0.2, -0.15) is 5.10 Å². The fourth-order valence-electron chi connectivity index (χ4n) is 4.79. The Morgan fingerprint density at radius 2 is 1.85 bits per heavy atom. The molecular formula is C27H32FN3O3. The molecule has 4 rings (SSSR count). The number of hydrogen-bond donors (Lipinski definition) is 0. The van der Waals surface area contributed by atoms with Crippen LogP contribution in [0, 0.1) is 25.6 Å². The van der Waals surface area contributed by atoms with Crippen LogP contribution in [0.15, 0.2) is 47.6 Å². The van der Waals surface area contributed by atoms with Crippen molar-refractivity contribution >= 4 is 17.6 Å². The van der Waals surface area contributed by atoms with Crippen molar-refractivity contribution in [1.29, 1.82) is 0 Å². The average molecular weight is 466 g/mol. The first-order chi connectivity index (χ1) is 16.4. The lowest BCUT2D eigenvalue weighted by atomic mass is 9.94. The van der Waals surface area contributed by atoms with E-state index in [0.29, 0.717) is 44.5 Å². The zero-order valence-electron chi connectivity index (χ0n) is 20.1. The molecule has 2 heterocycles. The Kier molecular flexibility index (Phi) is 7.41. The second kappa shape index (κ2) is 10.5. The van der Waals surface area contributed by atoms with Gasteiger partial charge in [0.15, 0.2) is 0 Å². The lowest BCUT2D eigenvalue weighted by Gasteiger charge is -2.32. The second-order valence-electron chi connectivity index (χ2n) is 9.15. The summed E-state index contributed by atoms with van der Waals surface area (Å²) in [6, 6.07) is 12.3. The van der Waals surface area contributed by atoms with Crippen LogP contribution in [0.2, 0.25) is 0 Å². The third-order valence-corrected chi connectivity index (χ3v) is 6.70. The standard InChI is InChI=1S/C27H32FN3O3/c1-4-34-27(33)20-11-13-30(14-12-20)17-26(32)31-25(21-7-5-6-8-23(21)28)16-24(29-31)22-15-18(2)9-10-19(22)3/h5-10,15,20,25H,4,11-14,16-17H2,1-3H3/t25-/m0/s1. The Morgan fingerprint density at radius 1 is 1.12 bits per heavy atom. The molecule has 1 amide bonds. The van der Waals surface area contributed by atoms with Crippen LogP contribution in [0.5, 0.6) is 0 Å². The normalized spacial score (nSPS) is 19.2. The van der Waals surface area contributed by atoms with E-state index in [4.69, 9.17) is 9.84 Å². The molecule has 2 aromatic rings. The molecule has 180 valence electrons. The summed E-state index contributed by atoms with van der Waals surface area (Å²) < 4.78 is 19.9. The molecule has 6 nitrogen and oxygen atoms in total. The van der Waals surface area contributed by atoms with Gasteiger partial charge in [0.25, 0.3) is 5.91 Å². The van der Waals surface area contributed by atoms with Gasteiger partial charge >= 0.3 is 5.97 Å². The van der Waals surface area contributed by atoms with E-state index >= 15 is 0 Å². The molecule has 7 heteroatoms. The fourth-order valence-corrected chi connectivity index (χ4v) is 4.79. The molecule has 1 atom stereocenters. The molecule has 0 unspecified atom stereocenters. The minimum absolute atomic E-state index is 0.113. The van der Waals surface area contributed by atoms with E-state index in [1.807, 2.05) is 30.9 Å². The number of carbonyl (C=O) groups is 2. The van der Waals surface area contributed by atoms with Crippen LogP contribution >= 0.6 is 0 Å². The maximum atomic E-state index is 14.7. The summed E-state index contributed by atoms with van der Waals surface area (Å²) in [6.07, 6.45) is 1.79. The number of nitrogens with zero attached hydrogens (tertiary/aromatic N) is 3. The van der Waals surface area contributed by atoms with Crippen molar-refractivity contribution in [2.75, 3.05) is 26.2 Å². The predicted molar refractivity (Wildman–Crippen MR) is 129 cm³/mol. The number of piperidine rings is 1. The molecule has 34 heavy (non-hydrogen) atoms. The first kappa shape index (κ1) is 24.1. The summed E-state index contributed by atoms with van der Waals surface area (Å²) in [4.78, 5) is 27.5. The van der Waals surface area contributed by atoms with Crippen molar-refractivity contribution < 1.29 is 18.7 Å². The number of amides is 1. The molecule has 0 saturated carbocycles. The summed E-state index contributed by atoms with van der Waals surface area (Å²) in [6.45, 7) is 7.70. The number of benzene rings is 2. The minimum Gasteiger partial charge on any atom is -0.466 e. The highest BCUT2D eigenvalue weighted by molar-refractivity contribution is 6.04. The number of rotatable bonds is 6. The number of ether oxygens (including phenoxy) is 1. The SMILES string of the molecule is CCOC(=O)C1CCN(CC(=O)N2N=C(c3cc(C)ccc3C)C[C@H]2c2ccccc2F)CC1. The van der Waals surface area contributed by atoms with E-state index in [1.165, 1.54) is 11.1 Å². The van der Waals surface area contributed by atoms with Gasteiger partial charge in [-0.15, -0.1) is 0 Å². The van der Waals surface area contributed by atoms with Crippen LogP contribution in [0.25, 0.3) is 0 Å². The van der Waals surface area contributed by atoms with Crippen LogP contribution < -0.4 is 0 Å². The quantitative estimate of drug-likeness (QED) is 0.594. The van der Waals surface area contributed by atoms with E-state index < -0.39 is 6.04 Å². The molecule has 0 radical (unpaired) electrons. The number of carbonyl (C=O) groups excluding carboxylic acids is 2. The van der Waals surface area contributed by atoms with Crippen molar-refractivity contribution in [3.63, 3.8) is 0 Å². The maximum Gasteiger partial charge on any atom is 0.309 e. The zero-order valence-corrected chi connectivity index (χ0v) is 20.1. The number of halogens is 1. The summed E-state index contributed by atoms with van der Waals surface area (Å²) in [5.41, 5.74) is 4.45. The molecule has 0 bridgehead atoms. The smallest absolute Gasteiger partial charge is 0.309 e. The van der Waals surface area contributed by atoms with Gasteiger partial charge in [0, 0.05) is 17.5 Å². The zero-order chi connectivity index (χ0) is 24.2. The van der Waals surface area contributed by atoms with Gasteiger partial charge in [0.2, 0.25) is 0 Å². The van der Waals surface area contributed by atoms with Gasteiger partial charge in [-0.3, -0.25) is 14.5 Å². The molecule has 0 aromatic heterocycles. The van der Waals surface area contributed by atoms with Crippen LogP contribution in [0.3, 0.4) is 0 Å². The largest absolute Gasteiger partial charge is 0.466 e. The van der Waals surface area contributed by atoms with Crippen LogP contribution in [0.4, 0.5) is 4.39 Å². The van der Waals surface area contributed by atoms with Crippen molar-refractivity contribution in [3.05, 3.63) is 70.5 Å². The highest BCUT2D eigenvalue weighted by Crippen LogP contribution is 2.35. The number of hydrazone groups is 1. The van der Waals surface area contributed by atoms with E-state index in [2.05, 4.69) is 6.07 Å². The average Bonchev–Trinajstić information content (AvgIpc) is 3.27. The summed E-state index contributed by atoms with van der Waals surface area (Å²) in [5.74, 6) is -0.769. The first-order valence-electron chi connectivity index (χ1n) is 12.0. The van der Waals surface area contributed by atoms with Gasteiger partial charge in [-0.05, 0) is 64.4 Å². The molecule has 0 aliphatic carbocycles. The molecule has 0 spiro atoms. The lowest BCUT2D eigenvalue weighted by molar-refractivity contribution is -0.149. The van der Waals surface area contributed by atoms with Crippen molar-refractivity contribution in [2.24, 2.45) is 11.0 Å². The van der Waals surface area contributed by atoms with E-state index in [0.717, 1.165) is 22.4 Å². The van der Waals surface area contributed by atoms with Gasteiger partial charge in [-0.25, -0.2) is 9.40 Å². The Bertz CT molecular complexity index is 1090. The summed E-state index contributed by atoms with van der Waals surface area (Å²) >= 11 is 0. The number of hydrogen-bond acceptors (Lipinski definition) is 5. The maximum absolute atomic E-state index is 14.7. The van der Waals surface area contributed by atoms with E-state index in [9.17, 15) is 14.0 Å². The van der Waals surface area contributed by atoms with Gasteiger partial charge < -0.3 is 4.74 Å². The predicted octanol–water partition coefficient (Wildman–Crippen LogP) is 4.40. The molecule has 2 aromatic carbocycles. The topological polar surface area (TPSA) is 62.2 Å². The van der Waals surface area contributed by atoms with E-state index in [-0.39, 0.29) is 30.2 Å². The Hall–Kier alpha value is -3.06. The molecule has 0 N–H and O–H groups in total. The third-order valence-electron chi connectivity index (χ3n) is 6.70. The monoisotopic (exact) mass is 465 g/mol. The molecule has 2 aliphatic rings. The summed E-state index contributed by atoms with van der Waals surface area (Å²) in [5, 5.41) is 6.19. The molecular weight excluding hydrogens is 433 g/mol. The number of aryl methyl sites for hydroxylation is 2. The molecule has 2 aliphatic heterocycles. The Balaban J connectivity index is 1.53. The highest BCUT2D eigenvalue weighted by Gasteiger charge is 2.36. The van der Waals surface area contributed by atoms with Gasteiger partial charge in [0.05, 0.1) is 30.8 Å². The third kappa shape index (κ3) is 5.20. The first-order valence-corrected chi connectivity index (χ1v) is 12.0. The Morgan fingerprint density at radius 3 is 2.56 bits per heavy atom. The minimum atomic E-state index is -0.485. The van der Waals surface area contributed by atoms with Crippen LogP contribution in [-0.4, -0.2) is 53.7 Å². The van der Waals surface area contributed by atoms with Crippen LogP contribution in [-0.2, 0) is 14.3 Å². The molecule has 1 fully saturated rings. The van der Waals surface area contributed by atoms with Gasteiger partial charge in [0.1, 0.15) is 5.82 Å². The van der Waals surface area contributed by atoms with Crippen molar-refractivity contribution in [2.45, 2.75) is 46.1 Å². The number of likely N-dealkylation sites (tertiary alicyclic amines) is 1. The van der Waals surface area contributed by atoms with Gasteiger partial charge in [-0.1, -0.05) is 35.9 Å². The fraction of sp³-hybridized carbons (Fsp3) is 0.444. The highest BCUT2D eigenvalue weighted by atomic mass is 19.1. The van der Waals surface area contributed by atoms with Crippen molar-refractivity contribution in [3.8, 4) is 0 Å². The molecule has 1 saturated heterocycles. The van der Waals surface area contributed by atoms with E-state index in [1.54, 1.807) is 25.1 Å². The number of esters is 1. The van der Waals surface area contributed by atoms with Crippen molar-refractivity contribution in [1.82, 2.24) is 9.91 Å². The Labute approximate surface area is 200 Å². The lowest BCUT2D eigenvalue weighted by Crippen LogP contribution is -2.43. The van der Waals surface area contributed by atoms with Crippen LogP contribution in [0.1, 0.15) is 54.5 Å². The second-order valence-corrected chi connectivity index (χ2v) is 9.15. The summed E-state index contributed by atoms with van der Waals surface area (Å²) in [7, 11) is 0.